The van der Waals surface area contributed by atoms with E-state index in [9.17, 15) is 9.90 Å². The Morgan fingerprint density at radius 3 is 2.41 bits per heavy atom. The Morgan fingerprint density at radius 2 is 1.94 bits per heavy atom. The van der Waals surface area contributed by atoms with E-state index in [4.69, 9.17) is 0 Å². The fourth-order valence-corrected chi connectivity index (χ4v) is 2.33. The number of hydrogen-bond acceptors (Lipinski definition) is 1. The molecule has 0 saturated carbocycles. The van der Waals surface area contributed by atoms with Gasteiger partial charge < -0.3 is 5.11 Å². The molecule has 17 heavy (non-hydrogen) atoms. The van der Waals surface area contributed by atoms with Crippen LogP contribution in [-0.4, -0.2) is 11.1 Å². The first kappa shape index (κ1) is 14.2. The summed E-state index contributed by atoms with van der Waals surface area (Å²) < 4.78 is 1.02. The third-order valence-corrected chi connectivity index (χ3v) is 3.65. The second kappa shape index (κ2) is 6.80. The minimum atomic E-state index is -0.686. The molecule has 1 aromatic rings. The van der Waals surface area contributed by atoms with Crippen molar-refractivity contribution in [2.75, 3.05) is 0 Å². The summed E-state index contributed by atoms with van der Waals surface area (Å²) in [5.41, 5.74) is 1.09. The number of hydrogen-bond donors (Lipinski definition) is 1. The van der Waals surface area contributed by atoms with E-state index in [-0.39, 0.29) is 11.8 Å². The third-order valence-electron chi connectivity index (χ3n) is 3.12. The maximum atomic E-state index is 11.3. The van der Waals surface area contributed by atoms with E-state index in [0.29, 0.717) is 6.42 Å². The smallest absolute Gasteiger partial charge is 0.307 e. The molecule has 0 heterocycles. The van der Waals surface area contributed by atoms with Crippen LogP contribution in [0.5, 0.6) is 0 Å². The van der Waals surface area contributed by atoms with E-state index in [1.54, 1.807) is 0 Å². The molecule has 0 spiro atoms. The molecule has 0 aliphatic heterocycles. The van der Waals surface area contributed by atoms with Gasteiger partial charge in [0.1, 0.15) is 0 Å². The summed E-state index contributed by atoms with van der Waals surface area (Å²) in [6, 6.07) is 7.88. The molecule has 0 bridgehead atoms. The fraction of sp³-hybridized carbons (Fsp3) is 0.500. The average molecular weight is 299 g/mol. The molecule has 0 aliphatic carbocycles. The second-order valence-corrected chi connectivity index (χ2v) is 5.46. The minimum Gasteiger partial charge on any atom is -0.481 e. The molecule has 0 radical (unpaired) electrons. The Balaban J connectivity index is 2.73. The van der Waals surface area contributed by atoms with Crippen molar-refractivity contribution in [3.8, 4) is 0 Å². The topological polar surface area (TPSA) is 37.3 Å². The van der Waals surface area contributed by atoms with Crippen LogP contribution in [0.4, 0.5) is 0 Å². The van der Waals surface area contributed by atoms with Gasteiger partial charge in [0.2, 0.25) is 0 Å². The Bertz CT molecular complexity index is 359. The highest BCUT2D eigenvalue weighted by molar-refractivity contribution is 9.10. The predicted octanol–water partition coefficient (Wildman–Crippen LogP) is 4.13. The lowest BCUT2D eigenvalue weighted by Gasteiger charge is -2.19. The number of rotatable bonds is 6. The average Bonchev–Trinajstić information content (AvgIpc) is 2.28. The summed E-state index contributed by atoms with van der Waals surface area (Å²) >= 11 is 3.38. The first-order valence-electron chi connectivity index (χ1n) is 6.01. The molecule has 0 amide bonds. The molecule has 0 saturated heterocycles. The van der Waals surface area contributed by atoms with Crippen molar-refractivity contribution < 1.29 is 9.90 Å². The highest BCUT2D eigenvalue weighted by Gasteiger charge is 2.24. The van der Waals surface area contributed by atoms with Gasteiger partial charge in [-0.15, -0.1) is 0 Å². The Kier molecular flexibility index (Phi) is 5.69. The van der Waals surface area contributed by atoms with Crippen LogP contribution in [0.25, 0.3) is 0 Å². The monoisotopic (exact) mass is 298 g/mol. The number of aliphatic carboxylic acids is 1. The van der Waals surface area contributed by atoms with E-state index in [0.717, 1.165) is 22.9 Å². The highest BCUT2D eigenvalue weighted by Crippen LogP contribution is 2.23. The third kappa shape index (κ3) is 4.50. The van der Waals surface area contributed by atoms with Gasteiger partial charge in [0.05, 0.1) is 5.92 Å². The summed E-state index contributed by atoms with van der Waals surface area (Å²) in [7, 11) is 0. The standard InChI is InChI=1S/C14H19BrO2/c1-3-4-10(2)13(14(16)17)9-11-5-7-12(15)8-6-11/h5-8,10,13H,3-4,9H2,1-2H3,(H,16,17). The SMILES string of the molecule is CCCC(C)C(Cc1ccc(Br)cc1)C(=O)O. The van der Waals surface area contributed by atoms with Crippen LogP contribution in [0.1, 0.15) is 32.3 Å². The molecule has 0 aliphatic rings. The maximum absolute atomic E-state index is 11.3. The van der Waals surface area contributed by atoms with Crippen molar-refractivity contribution in [2.24, 2.45) is 11.8 Å². The zero-order chi connectivity index (χ0) is 12.8. The molecule has 94 valence electrons. The largest absolute Gasteiger partial charge is 0.481 e. The van der Waals surface area contributed by atoms with Gasteiger partial charge in [0, 0.05) is 4.47 Å². The molecular formula is C14H19BrO2. The fourth-order valence-electron chi connectivity index (χ4n) is 2.06. The van der Waals surface area contributed by atoms with E-state index in [1.807, 2.05) is 31.2 Å². The number of halogens is 1. The van der Waals surface area contributed by atoms with E-state index >= 15 is 0 Å². The Hall–Kier alpha value is -0.830. The molecule has 2 nitrogen and oxygen atoms in total. The number of carboxylic acid groups (broad SMARTS) is 1. The molecule has 3 heteroatoms. The first-order valence-corrected chi connectivity index (χ1v) is 6.81. The molecule has 1 rings (SSSR count). The summed E-state index contributed by atoms with van der Waals surface area (Å²) in [6.07, 6.45) is 2.61. The summed E-state index contributed by atoms with van der Waals surface area (Å²) in [6.45, 7) is 4.12. The predicted molar refractivity (Wildman–Crippen MR) is 73.0 cm³/mol. The van der Waals surface area contributed by atoms with Crippen LogP contribution in [-0.2, 0) is 11.2 Å². The normalized spacial score (nSPS) is 14.3. The number of benzene rings is 1. The van der Waals surface area contributed by atoms with Gasteiger partial charge >= 0.3 is 5.97 Å². The Labute approximate surface area is 111 Å². The second-order valence-electron chi connectivity index (χ2n) is 4.54. The molecule has 1 aromatic carbocycles. The van der Waals surface area contributed by atoms with E-state index < -0.39 is 5.97 Å². The van der Waals surface area contributed by atoms with Gasteiger partial charge in [-0.25, -0.2) is 0 Å². The number of carbonyl (C=O) groups is 1. The van der Waals surface area contributed by atoms with Crippen molar-refractivity contribution in [3.05, 3.63) is 34.3 Å². The quantitative estimate of drug-likeness (QED) is 0.857. The van der Waals surface area contributed by atoms with Crippen LogP contribution in [0, 0.1) is 11.8 Å². The van der Waals surface area contributed by atoms with Crippen LogP contribution >= 0.6 is 15.9 Å². The zero-order valence-corrected chi connectivity index (χ0v) is 11.9. The summed E-state index contributed by atoms with van der Waals surface area (Å²) in [4.78, 5) is 11.3. The van der Waals surface area contributed by atoms with Crippen LogP contribution in [0.3, 0.4) is 0 Å². The minimum absolute atomic E-state index is 0.223. The summed E-state index contributed by atoms with van der Waals surface area (Å²) in [5.74, 6) is -0.744. The van der Waals surface area contributed by atoms with Crippen molar-refractivity contribution in [2.45, 2.75) is 33.1 Å². The molecule has 0 fully saturated rings. The van der Waals surface area contributed by atoms with Crippen molar-refractivity contribution in [1.29, 1.82) is 0 Å². The van der Waals surface area contributed by atoms with Gasteiger partial charge in [0.25, 0.3) is 0 Å². The van der Waals surface area contributed by atoms with E-state index in [1.165, 1.54) is 0 Å². The Morgan fingerprint density at radius 1 is 1.35 bits per heavy atom. The van der Waals surface area contributed by atoms with Crippen LogP contribution in [0.15, 0.2) is 28.7 Å². The molecule has 2 unspecified atom stereocenters. The lowest BCUT2D eigenvalue weighted by Crippen LogP contribution is -2.23. The van der Waals surface area contributed by atoms with E-state index in [2.05, 4.69) is 22.9 Å². The molecule has 2 atom stereocenters. The van der Waals surface area contributed by atoms with Crippen LogP contribution < -0.4 is 0 Å². The molecule has 0 aromatic heterocycles. The van der Waals surface area contributed by atoms with Gasteiger partial charge in [-0.2, -0.15) is 0 Å². The van der Waals surface area contributed by atoms with Crippen molar-refractivity contribution in [1.82, 2.24) is 0 Å². The van der Waals surface area contributed by atoms with Gasteiger partial charge in [-0.05, 0) is 30.0 Å². The first-order chi connectivity index (χ1) is 8.04. The zero-order valence-electron chi connectivity index (χ0n) is 10.3. The van der Waals surface area contributed by atoms with Gasteiger partial charge in [0.15, 0.2) is 0 Å². The highest BCUT2D eigenvalue weighted by atomic mass is 79.9. The molecule has 1 N–H and O–H groups in total. The van der Waals surface area contributed by atoms with Gasteiger partial charge in [-0.1, -0.05) is 54.8 Å². The lowest BCUT2D eigenvalue weighted by atomic mass is 9.85. The van der Waals surface area contributed by atoms with Crippen LogP contribution in [0.2, 0.25) is 0 Å². The number of carboxylic acids is 1. The maximum Gasteiger partial charge on any atom is 0.307 e. The van der Waals surface area contributed by atoms with Crippen molar-refractivity contribution in [3.63, 3.8) is 0 Å². The molecular weight excluding hydrogens is 280 g/mol. The summed E-state index contributed by atoms with van der Waals surface area (Å²) in [5, 5.41) is 9.28. The lowest BCUT2D eigenvalue weighted by molar-refractivity contribution is -0.143. The van der Waals surface area contributed by atoms with Gasteiger partial charge in [-0.3, -0.25) is 4.79 Å². The van der Waals surface area contributed by atoms with Crippen molar-refractivity contribution >= 4 is 21.9 Å².